The van der Waals surface area contributed by atoms with Gasteiger partial charge in [-0.05, 0) is 38.7 Å². The maximum Gasteiger partial charge on any atom is 0.231 e. The Bertz CT molecular complexity index is 463. The van der Waals surface area contributed by atoms with Crippen molar-refractivity contribution in [3.63, 3.8) is 0 Å². The van der Waals surface area contributed by atoms with Gasteiger partial charge in [0, 0.05) is 19.6 Å². The van der Waals surface area contributed by atoms with Crippen LogP contribution in [-0.4, -0.2) is 50.3 Å². The zero-order valence-electron chi connectivity index (χ0n) is 11.3. The minimum absolute atomic E-state index is 0.0357. The predicted octanol–water partition coefficient (Wildman–Crippen LogP) is 1.51. The van der Waals surface area contributed by atoms with Crippen LogP contribution in [0.2, 0.25) is 0 Å². The number of piperazine rings is 1. The van der Waals surface area contributed by atoms with Crippen LogP contribution in [0.1, 0.15) is 12.5 Å². The molecule has 2 aliphatic heterocycles. The Morgan fingerprint density at radius 1 is 1.11 bits per heavy atom. The van der Waals surface area contributed by atoms with Crippen LogP contribution < -0.4 is 9.47 Å². The number of hydrogen-bond donors (Lipinski definition) is 0. The van der Waals surface area contributed by atoms with Crippen LogP contribution in [0.3, 0.4) is 0 Å². The van der Waals surface area contributed by atoms with Crippen LogP contribution in [0, 0.1) is 0 Å². The molecule has 98 valence electrons. The molecule has 1 aromatic carbocycles. The maximum absolute atomic E-state index is 5.48. The van der Waals surface area contributed by atoms with E-state index < -0.39 is 0 Å². The molecule has 4 nitrogen and oxygen atoms in total. The molecule has 1 atom stereocenters. The van der Waals surface area contributed by atoms with E-state index in [0.29, 0.717) is 6.79 Å². The second kappa shape index (κ2) is 4.14. The molecule has 1 saturated heterocycles. The third-order valence-electron chi connectivity index (χ3n) is 4.23. The molecular weight excluding hydrogens is 228 g/mol. The molecule has 3 rings (SSSR count). The minimum atomic E-state index is 0.0357. The van der Waals surface area contributed by atoms with E-state index in [-0.39, 0.29) is 5.54 Å². The average molecular weight is 248 g/mol. The van der Waals surface area contributed by atoms with E-state index in [9.17, 15) is 0 Å². The first-order valence-corrected chi connectivity index (χ1v) is 6.39. The van der Waals surface area contributed by atoms with Crippen molar-refractivity contribution < 1.29 is 9.47 Å². The molecule has 1 aromatic rings. The van der Waals surface area contributed by atoms with Crippen molar-refractivity contribution in [2.45, 2.75) is 12.5 Å². The number of rotatable bonds is 1. The molecule has 0 amide bonds. The van der Waals surface area contributed by atoms with Gasteiger partial charge in [0.25, 0.3) is 0 Å². The lowest BCUT2D eigenvalue weighted by Gasteiger charge is -2.46. The Morgan fingerprint density at radius 3 is 2.72 bits per heavy atom. The maximum atomic E-state index is 5.48. The van der Waals surface area contributed by atoms with Crippen LogP contribution >= 0.6 is 0 Å². The summed E-state index contributed by atoms with van der Waals surface area (Å²) in [6.45, 7) is 5.87. The molecule has 18 heavy (non-hydrogen) atoms. The van der Waals surface area contributed by atoms with Gasteiger partial charge in [0.2, 0.25) is 6.79 Å². The quantitative estimate of drug-likeness (QED) is 0.752. The largest absolute Gasteiger partial charge is 0.454 e. The first kappa shape index (κ1) is 11.8. The van der Waals surface area contributed by atoms with Gasteiger partial charge in [0.05, 0.1) is 5.54 Å². The molecule has 2 aliphatic rings. The highest BCUT2D eigenvalue weighted by atomic mass is 16.7. The fourth-order valence-corrected chi connectivity index (χ4v) is 2.84. The molecule has 0 aliphatic carbocycles. The monoisotopic (exact) mass is 248 g/mol. The standard InChI is InChI=1S/C14H20N2O2/c1-14(9-15(2)6-7-16(14)3)11-4-5-12-13(8-11)18-10-17-12/h4-5,8H,6-7,9-10H2,1-3H3. The summed E-state index contributed by atoms with van der Waals surface area (Å²) < 4.78 is 10.9. The van der Waals surface area contributed by atoms with Crippen LogP contribution in [0.4, 0.5) is 0 Å². The summed E-state index contributed by atoms with van der Waals surface area (Å²) in [7, 11) is 4.37. The third kappa shape index (κ3) is 1.76. The van der Waals surface area contributed by atoms with Crippen molar-refractivity contribution in [1.82, 2.24) is 9.80 Å². The van der Waals surface area contributed by atoms with Crippen molar-refractivity contribution in [3.8, 4) is 11.5 Å². The first-order valence-electron chi connectivity index (χ1n) is 6.39. The molecule has 0 radical (unpaired) electrons. The van der Waals surface area contributed by atoms with Crippen LogP contribution in [-0.2, 0) is 5.54 Å². The van der Waals surface area contributed by atoms with E-state index in [0.717, 1.165) is 31.1 Å². The summed E-state index contributed by atoms with van der Waals surface area (Å²) >= 11 is 0. The number of hydrogen-bond acceptors (Lipinski definition) is 4. The molecule has 1 fully saturated rings. The number of benzene rings is 1. The lowest BCUT2D eigenvalue weighted by molar-refractivity contribution is 0.0378. The second-order valence-corrected chi connectivity index (χ2v) is 5.50. The molecule has 2 heterocycles. The lowest BCUT2D eigenvalue weighted by atomic mass is 9.88. The molecule has 0 saturated carbocycles. The van der Waals surface area contributed by atoms with Gasteiger partial charge in [-0.25, -0.2) is 0 Å². The summed E-state index contributed by atoms with van der Waals surface area (Å²) in [6, 6.07) is 6.30. The van der Waals surface area contributed by atoms with E-state index in [1.165, 1.54) is 5.56 Å². The zero-order valence-corrected chi connectivity index (χ0v) is 11.3. The summed E-state index contributed by atoms with van der Waals surface area (Å²) in [6.07, 6.45) is 0. The van der Waals surface area contributed by atoms with Crippen LogP contribution in [0.25, 0.3) is 0 Å². The Labute approximate surface area is 108 Å². The summed E-state index contributed by atoms with van der Waals surface area (Å²) in [5.41, 5.74) is 1.33. The molecule has 0 N–H and O–H groups in total. The van der Waals surface area contributed by atoms with Crippen molar-refractivity contribution in [2.75, 3.05) is 40.5 Å². The predicted molar refractivity (Wildman–Crippen MR) is 70.0 cm³/mol. The van der Waals surface area contributed by atoms with Gasteiger partial charge in [0.1, 0.15) is 0 Å². The zero-order chi connectivity index (χ0) is 12.8. The third-order valence-corrected chi connectivity index (χ3v) is 4.23. The van der Waals surface area contributed by atoms with E-state index in [1.54, 1.807) is 0 Å². The van der Waals surface area contributed by atoms with Gasteiger partial charge in [0.15, 0.2) is 11.5 Å². The molecule has 4 heteroatoms. The summed E-state index contributed by atoms with van der Waals surface area (Å²) in [4.78, 5) is 4.80. The van der Waals surface area contributed by atoms with Gasteiger partial charge >= 0.3 is 0 Å². The fraction of sp³-hybridized carbons (Fsp3) is 0.571. The Morgan fingerprint density at radius 2 is 1.89 bits per heavy atom. The van der Waals surface area contributed by atoms with Gasteiger partial charge in [-0.15, -0.1) is 0 Å². The number of nitrogens with zero attached hydrogens (tertiary/aromatic N) is 2. The minimum Gasteiger partial charge on any atom is -0.454 e. The normalized spacial score (nSPS) is 28.6. The highest BCUT2D eigenvalue weighted by Gasteiger charge is 2.36. The summed E-state index contributed by atoms with van der Waals surface area (Å²) in [5.74, 6) is 1.73. The lowest BCUT2D eigenvalue weighted by Crippen LogP contribution is -2.56. The van der Waals surface area contributed by atoms with Crippen molar-refractivity contribution >= 4 is 0 Å². The molecule has 0 aromatic heterocycles. The van der Waals surface area contributed by atoms with Crippen LogP contribution in [0.15, 0.2) is 18.2 Å². The fourth-order valence-electron chi connectivity index (χ4n) is 2.84. The molecular formula is C14H20N2O2. The average Bonchev–Trinajstić information content (AvgIpc) is 2.81. The topological polar surface area (TPSA) is 24.9 Å². The van der Waals surface area contributed by atoms with Crippen molar-refractivity contribution in [2.24, 2.45) is 0 Å². The van der Waals surface area contributed by atoms with E-state index >= 15 is 0 Å². The Balaban J connectivity index is 1.97. The second-order valence-electron chi connectivity index (χ2n) is 5.50. The van der Waals surface area contributed by atoms with Crippen LogP contribution in [0.5, 0.6) is 11.5 Å². The van der Waals surface area contributed by atoms with Gasteiger partial charge in [-0.1, -0.05) is 6.07 Å². The summed E-state index contributed by atoms with van der Waals surface area (Å²) in [5, 5.41) is 0. The van der Waals surface area contributed by atoms with Gasteiger partial charge < -0.3 is 14.4 Å². The highest BCUT2D eigenvalue weighted by molar-refractivity contribution is 5.46. The van der Waals surface area contributed by atoms with Gasteiger partial charge in [-0.3, -0.25) is 4.90 Å². The highest BCUT2D eigenvalue weighted by Crippen LogP contribution is 2.38. The van der Waals surface area contributed by atoms with E-state index in [4.69, 9.17) is 9.47 Å². The number of fused-ring (bicyclic) bond motifs is 1. The Kier molecular flexibility index (Phi) is 2.72. The smallest absolute Gasteiger partial charge is 0.231 e. The van der Waals surface area contributed by atoms with E-state index in [2.05, 4.69) is 43.0 Å². The Hall–Kier alpha value is -1.26. The van der Waals surface area contributed by atoms with Crippen molar-refractivity contribution in [1.29, 1.82) is 0 Å². The number of ether oxygens (including phenoxy) is 2. The SMILES string of the molecule is CN1CCN(C)C(C)(c2ccc3c(c2)OCO3)C1. The first-order chi connectivity index (χ1) is 8.59. The van der Waals surface area contributed by atoms with E-state index in [1.807, 2.05) is 6.07 Å². The molecule has 0 bridgehead atoms. The van der Waals surface area contributed by atoms with Gasteiger partial charge in [-0.2, -0.15) is 0 Å². The molecule has 1 unspecified atom stereocenters. The van der Waals surface area contributed by atoms with Crippen molar-refractivity contribution in [3.05, 3.63) is 23.8 Å². The number of likely N-dealkylation sites (N-methyl/N-ethyl adjacent to an activating group) is 2. The molecule has 0 spiro atoms.